The molecule has 0 aromatic rings. The molecular formula is C14H28N2. The summed E-state index contributed by atoms with van der Waals surface area (Å²) in [7, 11) is 0. The first-order valence-electron chi connectivity index (χ1n) is 7.12. The molecule has 1 aliphatic carbocycles. The molecule has 3 atom stereocenters. The molecule has 0 radical (unpaired) electrons. The molecule has 1 saturated carbocycles. The zero-order valence-corrected chi connectivity index (χ0v) is 11.0. The maximum atomic E-state index is 6.26. The first kappa shape index (κ1) is 12.4. The van der Waals surface area contributed by atoms with Crippen LogP contribution in [0.5, 0.6) is 0 Å². The smallest absolute Gasteiger partial charge is 0.0105 e. The van der Waals surface area contributed by atoms with Crippen LogP contribution >= 0.6 is 0 Å². The molecule has 0 bridgehead atoms. The molecule has 2 heteroatoms. The summed E-state index contributed by atoms with van der Waals surface area (Å²) in [6, 6.07) is 0.442. The highest BCUT2D eigenvalue weighted by molar-refractivity contribution is 4.94. The normalized spacial score (nSPS) is 40.7. The Hall–Kier alpha value is -0.0800. The van der Waals surface area contributed by atoms with Crippen LogP contribution in [-0.4, -0.2) is 30.6 Å². The first-order valence-corrected chi connectivity index (χ1v) is 7.12. The van der Waals surface area contributed by atoms with Gasteiger partial charge in [-0.05, 0) is 43.6 Å². The van der Waals surface area contributed by atoms with E-state index in [0.29, 0.717) is 11.5 Å². The summed E-state index contributed by atoms with van der Waals surface area (Å²) in [5.74, 6) is 0.964. The predicted molar refractivity (Wildman–Crippen MR) is 69.4 cm³/mol. The summed E-state index contributed by atoms with van der Waals surface area (Å²) in [6.07, 6.45) is 8.09. The van der Waals surface area contributed by atoms with Gasteiger partial charge in [-0.2, -0.15) is 0 Å². The molecule has 1 heterocycles. The van der Waals surface area contributed by atoms with Crippen molar-refractivity contribution < 1.29 is 0 Å². The summed E-state index contributed by atoms with van der Waals surface area (Å²) in [6.45, 7) is 8.59. The lowest BCUT2D eigenvalue weighted by atomic mass is 9.84. The second-order valence-electron chi connectivity index (χ2n) is 6.33. The van der Waals surface area contributed by atoms with E-state index in [9.17, 15) is 0 Å². The topological polar surface area (TPSA) is 29.3 Å². The van der Waals surface area contributed by atoms with Crippen molar-refractivity contribution in [3.8, 4) is 0 Å². The van der Waals surface area contributed by atoms with Gasteiger partial charge in [0.05, 0.1) is 0 Å². The lowest BCUT2D eigenvalue weighted by molar-refractivity contribution is 0.173. The van der Waals surface area contributed by atoms with Gasteiger partial charge in [0.15, 0.2) is 0 Å². The van der Waals surface area contributed by atoms with Crippen LogP contribution in [0.15, 0.2) is 0 Å². The molecule has 1 saturated heterocycles. The van der Waals surface area contributed by atoms with E-state index in [1.54, 1.807) is 0 Å². The Labute approximate surface area is 101 Å². The van der Waals surface area contributed by atoms with Crippen molar-refractivity contribution in [1.82, 2.24) is 4.90 Å². The maximum absolute atomic E-state index is 6.26. The predicted octanol–water partition coefficient (Wildman–Crippen LogP) is 2.63. The highest BCUT2D eigenvalue weighted by Gasteiger charge is 2.38. The fourth-order valence-electron chi connectivity index (χ4n) is 3.67. The number of hydrogen-bond acceptors (Lipinski definition) is 2. The van der Waals surface area contributed by atoms with E-state index in [1.165, 1.54) is 58.2 Å². The van der Waals surface area contributed by atoms with Crippen molar-refractivity contribution in [3.63, 3.8) is 0 Å². The van der Waals surface area contributed by atoms with Crippen molar-refractivity contribution in [3.05, 3.63) is 0 Å². The van der Waals surface area contributed by atoms with Crippen molar-refractivity contribution in [2.24, 2.45) is 17.1 Å². The van der Waals surface area contributed by atoms with Crippen LogP contribution in [-0.2, 0) is 0 Å². The molecule has 0 aromatic carbocycles. The summed E-state index contributed by atoms with van der Waals surface area (Å²) < 4.78 is 0. The number of nitrogens with two attached hydrogens (primary N) is 1. The highest BCUT2D eigenvalue weighted by atomic mass is 15.2. The molecular weight excluding hydrogens is 196 g/mol. The average Bonchev–Trinajstić information content (AvgIpc) is 2.77. The van der Waals surface area contributed by atoms with Crippen molar-refractivity contribution in [2.45, 2.75) is 58.4 Å². The van der Waals surface area contributed by atoms with Gasteiger partial charge in [0.1, 0.15) is 0 Å². The molecule has 2 N–H and O–H groups in total. The van der Waals surface area contributed by atoms with Gasteiger partial charge in [0.25, 0.3) is 0 Å². The van der Waals surface area contributed by atoms with Gasteiger partial charge < -0.3 is 10.6 Å². The van der Waals surface area contributed by atoms with Gasteiger partial charge >= 0.3 is 0 Å². The molecule has 2 nitrogen and oxygen atoms in total. The van der Waals surface area contributed by atoms with E-state index in [4.69, 9.17) is 5.73 Å². The van der Waals surface area contributed by atoms with E-state index in [2.05, 4.69) is 18.7 Å². The average molecular weight is 224 g/mol. The molecule has 3 unspecified atom stereocenters. The lowest BCUT2D eigenvalue weighted by Gasteiger charge is -2.33. The quantitative estimate of drug-likeness (QED) is 0.795. The minimum Gasteiger partial charge on any atom is -0.327 e. The van der Waals surface area contributed by atoms with E-state index < -0.39 is 0 Å². The molecule has 94 valence electrons. The van der Waals surface area contributed by atoms with Crippen molar-refractivity contribution >= 4 is 0 Å². The van der Waals surface area contributed by atoms with Crippen LogP contribution in [0.2, 0.25) is 0 Å². The second kappa shape index (κ2) is 5.05. The first-order chi connectivity index (χ1) is 7.64. The van der Waals surface area contributed by atoms with Crippen LogP contribution in [0.25, 0.3) is 0 Å². The standard InChI is InChI=1S/C14H28N2/c1-3-5-12-7-9-16(10-12)11-14(2)8-4-6-13(14)15/h12-13H,3-11,15H2,1-2H3. The van der Waals surface area contributed by atoms with Crippen LogP contribution in [0.1, 0.15) is 52.4 Å². The Kier molecular flexibility index (Phi) is 3.91. The number of rotatable bonds is 4. The van der Waals surface area contributed by atoms with E-state index in [0.717, 1.165) is 5.92 Å². The van der Waals surface area contributed by atoms with Crippen LogP contribution in [0.4, 0.5) is 0 Å². The van der Waals surface area contributed by atoms with Gasteiger partial charge in [-0.3, -0.25) is 0 Å². The zero-order valence-electron chi connectivity index (χ0n) is 11.0. The minimum absolute atomic E-state index is 0.404. The molecule has 0 amide bonds. The Bertz CT molecular complexity index is 229. The van der Waals surface area contributed by atoms with Crippen LogP contribution < -0.4 is 5.73 Å². The monoisotopic (exact) mass is 224 g/mol. The molecule has 0 spiro atoms. The molecule has 2 rings (SSSR count). The fraction of sp³-hybridized carbons (Fsp3) is 1.00. The van der Waals surface area contributed by atoms with Gasteiger partial charge in [-0.1, -0.05) is 26.7 Å². The zero-order chi connectivity index (χ0) is 11.6. The van der Waals surface area contributed by atoms with Gasteiger partial charge in [-0.15, -0.1) is 0 Å². The van der Waals surface area contributed by atoms with E-state index in [1.807, 2.05) is 0 Å². The van der Waals surface area contributed by atoms with E-state index in [-0.39, 0.29) is 0 Å². The van der Waals surface area contributed by atoms with Gasteiger partial charge in [0.2, 0.25) is 0 Å². The lowest BCUT2D eigenvalue weighted by Crippen LogP contribution is -2.43. The Balaban J connectivity index is 1.82. The summed E-state index contributed by atoms with van der Waals surface area (Å²) in [4.78, 5) is 2.67. The van der Waals surface area contributed by atoms with E-state index >= 15 is 0 Å². The Morgan fingerprint density at radius 3 is 2.81 bits per heavy atom. The maximum Gasteiger partial charge on any atom is 0.0105 e. The molecule has 2 aliphatic rings. The third kappa shape index (κ3) is 2.60. The second-order valence-corrected chi connectivity index (χ2v) is 6.33. The summed E-state index contributed by atoms with van der Waals surface area (Å²) in [5.41, 5.74) is 6.66. The number of hydrogen-bond donors (Lipinski definition) is 1. The third-order valence-electron chi connectivity index (χ3n) is 4.81. The molecule has 2 fully saturated rings. The molecule has 1 aliphatic heterocycles. The van der Waals surface area contributed by atoms with Gasteiger partial charge in [-0.25, -0.2) is 0 Å². The highest BCUT2D eigenvalue weighted by Crippen LogP contribution is 2.38. The molecule has 16 heavy (non-hydrogen) atoms. The summed E-state index contributed by atoms with van der Waals surface area (Å²) in [5, 5.41) is 0. The van der Waals surface area contributed by atoms with Crippen molar-refractivity contribution in [1.29, 1.82) is 0 Å². The minimum atomic E-state index is 0.404. The Morgan fingerprint density at radius 2 is 2.19 bits per heavy atom. The fourth-order valence-corrected chi connectivity index (χ4v) is 3.67. The number of likely N-dealkylation sites (tertiary alicyclic amines) is 1. The molecule has 0 aromatic heterocycles. The largest absolute Gasteiger partial charge is 0.327 e. The SMILES string of the molecule is CCCC1CCN(CC2(C)CCCC2N)C1. The summed E-state index contributed by atoms with van der Waals surface area (Å²) >= 11 is 0. The van der Waals surface area contributed by atoms with Gasteiger partial charge in [0, 0.05) is 19.1 Å². The van der Waals surface area contributed by atoms with Crippen molar-refractivity contribution in [2.75, 3.05) is 19.6 Å². The third-order valence-corrected chi connectivity index (χ3v) is 4.81. The van der Waals surface area contributed by atoms with Crippen LogP contribution in [0.3, 0.4) is 0 Å². The Morgan fingerprint density at radius 1 is 1.38 bits per heavy atom. The van der Waals surface area contributed by atoms with Crippen LogP contribution in [0, 0.1) is 11.3 Å². The number of nitrogens with zero attached hydrogens (tertiary/aromatic N) is 1.